The predicted molar refractivity (Wildman–Crippen MR) is 64.4 cm³/mol. The molecule has 1 aliphatic rings. The van der Waals surface area contributed by atoms with Crippen LogP contribution in [0.2, 0.25) is 0 Å². The van der Waals surface area contributed by atoms with Crippen LogP contribution in [0, 0.1) is 11.9 Å². The molecule has 0 spiro atoms. The normalized spacial score (nSPS) is 14.5. The topological polar surface area (TPSA) is 50.7 Å². The Morgan fingerprint density at radius 3 is 2.88 bits per heavy atom. The fourth-order valence-electron chi connectivity index (χ4n) is 1.78. The maximum atomic E-state index is 13.4. The second-order valence-corrected chi connectivity index (χ2v) is 3.98. The summed E-state index contributed by atoms with van der Waals surface area (Å²) in [6.45, 7) is 4.71. The van der Waals surface area contributed by atoms with Crippen molar-refractivity contribution in [2.45, 2.75) is 33.2 Å². The minimum Gasteiger partial charge on any atom is -0.328 e. The molecule has 0 aliphatic heterocycles. The lowest BCUT2D eigenvalue weighted by atomic mass is 10.3. The van der Waals surface area contributed by atoms with E-state index in [0.29, 0.717) is 18.0 Å². The largest absolute Gasteiger partial charge is 0.328 e. The van der Waals surface area contributed by atoms with Gasteiger partial charge in [-0.2, -0.15) is 4.39 Å². The Morgan fingerprint density at radius 1 is 1.53 bits per heavy atom. The highest BCUT2D eigenvalue weighted by atomic mass is 19.1. The number of halogens is 1. The lowest BCUT2D eigenvalue weighted by Gasteiger charge is -1.99. The number of aromatic amines is 1. The van der Waals surface area contributed by atoms with Gasteiger partial charge in [-0.05, 0) is 24.8 Å². The standard InChI is InChI=1S/C10H10FN3O.C2H6/c11-9-8-7(3-4-12-10(8)15)14(13-9)5-6-1-2-6;1-2/h3-4,6H,1-2,5H2,(H,12,15);1-2H3. The summed E-state index contributed by atoms with van der Waals surface area (Å²) in [6, 6.07) is 1.69. The van der Waals surface area contributed by atoms with Crippen molar-refractivity contribution in [2.24, 2.45) is 5.92 Å². The van der Waals surface area contributed by atoms with E-state index < -0.39 is 11.5 Å². The van der Waals surface area contributed by atoms with Crippen molar-refractivity contribution in [3.05, 3.63) is 28.6 Å². The summed E-state index contributed by atoms with van der Waals surface area (Å²) in [4.78, 5) is 13.8. The molecule has 1 saturated carbocycles. The van der Waals surface area contributed by atoms with E-state index in [9.17, 15) is 9.18 Å². The smallest absolute Gasteiger partial charge is 0.262 e. The predicted octanol–water partition coefficient (Wildman–Crippen LogP) is 2.30. The molecule has 92 valence electrons. The lowest BCUT2D eigenvalue weighted by Crippen LogP contribution is -2.06. The zero-order chi connectivity index (χ0) is 12.4. The Hall–Kier alpha value is -1.65. The van der Waals surface area contributed by atoms with Crippen LogP contribution in [0.1, 0.15) is 26.7 Å². The van der Waals surface area contributed by atoms with Gasteiger partial charge in [-0.15, -0.1) is 5.10 Å². The summed E-state index contributed by atoms with van der Waals surface area (Å²) in [7, 11) is 0. The van der Waals surface area contributed by atoms with Crippen LogP contribution in [0.15, 0.2) is 17.1 Å². The molecule has 0 amide bonds. The highest BCUT2D eigenvalue weighted by molar-refractivity contribution is 5.77. The summed E-state index contributed by atoms with van der Waals surface area (Å²) in [5.74, 6) is -0.0701. The van der Waals surface area contributed by atoms with Crippen LogP contribution in [-0.4, -0.2) is 14.8 Å². The second-order valence-electron chi connectivity index (χ2n) is 3.98. The van der Waals surface area contributed by atoms with E-state index in [1.807, 2.05) is 13.8 Å². The lowest BCUT2D eigenvalue weighted by molar-refractivity contribution is 0.511. The molecule has 2 heterocycles. The van der Waals surface area contributed by atoms with Crippen LogP contribution in [0.4, 0.5) is 4.39 Å². The van der Waals surface area contributed by atoms with Gasteiger partial charge in [0.15, 0.2) is 0 Å². The van der Waals surface area contributed by atoms with E-state index >= 15 is 0 Å². The molecule has 0 saturated heterocycles. The van der Waals surface area contributed by atoms with Gasteiger partial charge in [0.2, 0.25) is 5.95 Å². The van der Waals surface area contributed by atoms with Crippen molar-refractivity contribution in [3.63, 3.8) is 0 Å². The Morgan fingerprint density at radius 2 is 2.24 bits per heavy atom. The summed E-state index contributed by atoms with van der Waals surface area (Å²) >= 11 is 0. The number of aromatic nitrogens is 3. The number of hydrogen-bond acceptors (Lipinski definition) is 2. The number of hydrogen-bond donors (Lipinski definition) is 1. The third-order valence-electron chi connectivity index (χ3n) is 2.76. The minimum absolute atomic E-state index is 0.0677. The number of pyridine rings is 1. The average molecular weight is 237 g/mol. The van der Waals surface area contributed by atoms with Gasteiger partial charge < -0.3 is 4.98 Å². The van der Waals surface area contributed by atoms with Gasteiger partial charge in [-0.3, -0.25) is 9.48 Å². The molecule has 0 aromatic carbocycles. The van der Waals surface area contributed by atoms with Crippen LogP contribution in [0.3, 0.4) is 0 Å². The van der Waals surface area contributed by atoms with Gasteiger partial charge in [-0.25, -0.2) is 0 Å². The van der Waals surface area contributed by atoms with E-state index in [1.54, 1.807) is 10.7 Å². The van der Waals surface area contributed by atoms with E-state index in [4.69, 9.17) is 0 Å². The third-order valence-corrected chi connectivity index (χ3v) is 2.76. The van der Waals surface area contributed by atoms with Crippen LogP contribution < -0.4 is 5.56 Å². The number of nitrogens with one attached hydrogen (secondary N) is 1. The van der Waals surface area contributed by atoms with Crippen molar-refractivity contribution < 1.29 is 4.39 Å². The number of nitrogens with zero attached hydrogens (tertiary/aromatic N) is 2. The van der Waals surface area contributed by atoms with E-state index in [0.717, 1.165) is 0 Å². The first-order valence-corrected chi connectivity index (χ1v) is 5.99. The molecule has 3 rings (SSSR count). The highest BCUT2D eigenvalue weighted by Crippen LogP contribution is 2.31. The van der Waals surface area contributed by atoms with Crippen LogP contribution in [0.25, 0.3) is 10.9 Å². The zero-order valence-electron chi connectivity index (χ0n) is 10.0. The number of H-pyrrole nitrogens is 1. The monoisotopic (exact) mass is 237 g/mol. The fourth-order valence-corrected chi connectivity index (χ4v) is 1.78. The molecule has 0 unspecified atom stereocenters. The van der Waals surface area contributed by atoms with E-state index in [-0.39, 0.29) is 5.39 Å². The van der Waals surface area contributed by atoms with Gasteiger partial charge in [-0.1, -0.05) is 13.8 Å². The Kier molecular flexibility index (Phi) is 3.26. The molecule has 1 aliphatic carbocycles. The van der Waals surface area contributed by atoms with Crippen LogP contribution in [-0.2, 0) is 6.54 Å². The average Bonchev–Trinajstić information content (AvgIpc) is 3.08. The Labute approximate surface area is 98.5 Å². The van der Waals surface area contributed by atoms with Gasteiger partial charge in [0, 0.05) is 12.7 Å². The summed E-state index contributed by atoms with van der Waals surface area (Å²) in [6.07, 6.45) is 3.87. The zero-order valence-corrected chi connectivity index (χ0v) is 10.0. The van der Waals surface area contributed by atoms with Crippen molar-refractivity contribution in [2.75, 3.05) is 0 Å². The van der Waals surface area contributed by atoms with Crippen molar-refractivity contribution in [1.29, 1.82) is 0 Å². The highest BCUT2D eigenvalue weighted by Gasteiger charge is 2.24. The molecule has 0 bridgehead atoms. The molecular weight excluding hydrogens is 221 g/mol. The summed E-state index contributed by atoms with van der Waals surface area (Å²) in [5.41, 5.74) is 0.176. The quantitative estimate of drug-likeness (QED) is 0.871. The van der Waals surface area contributed by atoms with Gasteiger partial charge in [0.25, 0.3) is 5.56 Å². The maximum absolute atomic E-state index is 13.4. The van der Waals surface area contributed by atoms with Crippen molar-refractivity contribution >= 4 is 10.9 Å². The summed E-state index contributed by atoms with van der Waals surface area (Å²) < 4.78 is 15.0. The molecule has 2 aromatic heterocycles. The molecule has 17 heavy (non-hydrogen) atoms. The first-order chi connectivity index (χ1) is 8.25. The van der Waals surface area contributed by atoms with Gasteiger partial charge in [0.1, 0.15) is 5.39 Å². The SMILES string of the molecule is CC.O=c1[nH]ccc2c1c(F)nn2CC1CC1. The molecule has 2 aromatic rings. The second kappa shape index (κ2) is 4.69. The molecule has 4 nitrogen and oxygen atoms in total. The third kappa shape index (κ3) is 2.23. The molecule has 0 radical (unpaired) electrons. The van der Waals surface area contributed by atoms with Crippen molar-refractivity contribution in [3.8, 4) is 0 Å². The first kappa shape index (κ1) is 11.8. The molecule has 1 fully saturated rings. The molecule has 5 heteroatoms. The Bertz CT molecular complexity index is 569. The van der Waals surface area contributed by atoms with Crippen LogP contribution in [0.5, 0.6) is 0 Å². The van der Waals surface area contributed by atoms with E-state index in [1.165, 1.54) is 19.0 Å². The number of rotatable bonds is 2. The minimum atomic E-state index is -0.674. The van der Waals surface area contributed by atoms with Gasteiger partial charge >= 0.3 is 0 Å². The molecule has 0 atom stereocenters. The van der Waals surface area contributed by atoms with Crippen molar-refractivity contribution in [1.82, 2.24) is 14.8 Å². The van der Waals surface area contributed by atoms with Crippen LogP contribution >= 0.6 is 0 Å². The maximum Gasteiger partial charge on any atom is 0.262 e. The van der Waals surface area contributed by atoms with Gasteiger partial charge in [0.05, 0.1) is 5.52 Å². The molecular formula is C12H16FN3O. The number of fused-ring (bicyclic) bond motifs is 1. The first-order valence-electron chi connectivity index (χ1n) is 5.99. The van der Waals surface area contributed by atoms with E-state index in [2.05, 4.69) is 10.1 Å². The Balaban J connectivity index is 0.000000514. The molecule has 1 N–H and O–H groups in total. The fraction of sp³-hybridized carbons (Fsp3) is 0.500. The summed E-state index contributed by atoms with van der Waals surface area (Å²) in [5, 5.41) is 3.83.